The topological polar surface area (TPSA) is 41.6 Å². The number of benzene rings is 1. The van der Waals surface area contributed by atoms with Crippen LogP contribution in [-0.4, -0.2) is 42.6 Å². The molecule has 0 spiro atoms. The molecule has 0 radical (unpaired) electrons. The summed E-state index contributed by atoms with van der Waals surface area (Å²) in [6, 6.07) is 10.9. The molecular formula is C16H22N2O2. The molecule has 3 rings (SSSR count). The van der Waals surface area contributed by atoms with Crippen LogP contribution >= 0.6 is 0 Å². The number of hydrogen-bond donors (Lipinski definition) is 1. The second-order valence-corrected chi connectivity index (χ2v) is 6.02. The van der Waals surface area contributed by atoms with Crippen molar-refractivity contribution in [1.29, 1.82) is 0 Å². The van der Waals surface area contributed by atoms with Crippen LogP contribution in [0.25, 0.3) is 0 Å². The lowest BCUT2D eigenvalue weighted by molar-refractivity contribution is -0.148. The number of piperidine rings is 1. The van der Waals surface area contributed by atoms with Crippen LogP contribution in [0.4, 0.5) is 5.69 Å². The third-order valence-corrected chi connectivity index (χ3v) is 4.89. The average Bonchev–Trinajstić information content (AvgIpc) is 2.70. The number of nitrogens with one attached hydrogen (secondary N) is 1. The number of hydrogen-bond acceptors (Lipinski definition) is 4. The molecule has 0 aliphatic carbocycles. The standard InChI is InChI=1S/C16H22N2O2/c1-18-13-8-9-14(18)11-16(10-13,15(19)20-2)17-12-6-4-3-5-7-12/h3-7,13-14,17H,8-11H2,1-2H3. The molecule has 108 valence electrons. The molecule has 4 heteroatoms. The molecule has 2 unspecified atom stereocenters. The van der Waals surface area contributed by atoms with Crippen molar-refractivity contribution < 1.29 is 9.53 Å². The third kappa shape index (κ3) is 2.18. The third-order valence-electron chi connectivity index (χ3n) is 4.89. The number of para-hydroxylation sites is 1. The summed E-state index contributed by atoms with van der Waals surface area (Å²) in [7, 11) is 3.66. The van der Waals surface area contributed by atoms with Gasteiger partial charge in [-0.2, -0.15) is 0 Å². The zero-order valence-corrected chi connectivity index (χ0v) is 12.1. The highest BCUT2D eigenvalue weighted by Crippen LogP contribution is 2.42. The summed E-state index contributed by atoms with van der Waals surface area (Å²) in [5.74, 6) is -0.133. The zero-order chi connectivity index (χ0) is 14.2. The van der Waals surface area contributed by atoms with E-state index >= 15 is 0 Å². The van der Waals surface area contributed by atoms with Crippen molar-refractivity contribution in [1.82, 2.24) is 4.90 Å². The van der Waals surface area contributed by atoms with E-state index in [0.717, 1.165) is 18.5 Å². The van der Waals surface area contributed by atoms with Crippen molar-refractivity contribution in [3.8, 4) is 0 Å². The lowest BCUT2D eigenvalue weighted by Crippen LogP contribution is -2.58. The molecule has 2 heterocycles. The van der Waals surface area contributed by atoms with E-state index in [9.17, 15) is 4.79 Å². The van der Waals surface area contributed by atoms with Gasteiger partial charge in [0.15, 0.2) is 0 Å². The van der Waals surface area contributed by atoms with Crippen molar-refractivity contribution in [2.24, 2.45) is 0 Å². The van der Waals surface area contributed by atoms with Gasteiger partial charge < -0.3 is 15.0 Å². The second-order valence-electron chi connectivity index (χ2n) is 6.02. The minimum atomic E-state index is -0.575. The van der Waals surface area contributed by atoms with E-state index in [0.29, 0.717) is 12.1 Å². The van der Waals surface area contributed by atoms with Crippen LogP contribution in [0.15, 0.2) is 30.3 Å². The van der Waals surface area contributed by atoms with Gasteiger partial charge in [0, 0.05) is 17.8 Å². The molecule has 20 heavy (non-hydrogen) atoms. The molecule has 1 N–H and O–H groups in total. The van der Waals surface area contributed by atoms with Crippen LogP contribution < -0.4 is 5.32 Å². The van der Waals surface area contributed by atoms with Gasteiger partial charge in [0.25, 0.3) is 0 Å². The monoisotopic (exact) mass is 274 g/mol. The van der Waals surface area contributed by atoms with Crippen LogP contribution in [0.5, 0.6) is 0 Å². The first kappa shape index (κ1) is 13.4. The molecule has 2 saturated heterocycles. The maximum atomic E-state index is 12.4. The molecule has 2 aliphatic heterocycles. The predicted octanol–water partition coefficient (Wildman–Crippen LogP) is 2.27. The Balaban J connectivity index is 1.89. The maximum Gasteiger partial charge on any atom is 0.331 e. The van der Waals surface area contributed by atoms with Gasteiger partial charge in [0.1, 0.15) is 5.54 Å². The number of anilines is 1. The molecule has 2 bridgehead atoms. The lowest BCUT2D eigenvalue weighted by Gasteiger charge is -2.44. The normalized spacial score (nSPS) is 32.9. The van der Waals surface area contributed by atoms with E-state index in [2.05, 4.69) is 17.3 Å². The molecule has 0 saturated carbocycles. The molecule has 2 atom stereocenters. The Bertz CT molecular complexity index is 475. The number of nitrogens with zero attached hydrogens (tertiary/aromatic N) is 1. The summed E-state index contributed by atoms with van der Waals surface area (Å²) >= 11 is 0. The van der Waals surface area contributed by atoms with Gasteiger partial charge in [-0.3, -0.25) is 0 Å². The molecule has 1 aromatic rings. The summed E-state index contributed by atoms with van der Waals surface area (Å²) in [5.41, 5.74) is 0.413. The predicted molar refractivity (Wildman–Crippen MR) is 78.6 cm³/mol. The maximum absolute atomic E-state index is 12.4. The van der Waals surface area contributed by atoms with E-state index in [4.69, 9.17) is 4.74 Å². The van der Waals surface area contributed by atoms with Crippen LogP contribution in [0.2, 0.25) is 0 Å². The first-order valence-electron chi connectivity index (χ1n) is 7.28. The van der Waals surface area contributed by atoms with Crippen molar-refractivity contribution in [3.63, 3.8) is 0 Å². The number of carbonyl (C=O) groups is 1. The van der Waals surface area contributed by atoms with Gasteiger partial charge >= 0.3 is 5.97 Å². The van der Waals surface area contributed by atoms with Gasteiger partial charge in [0.2, 0.25) is 0 Å². The molecule has 1 aromatic carbocycles. The summed E-state index contributed by atoms with van der Waals surface area (Å²) < 4.78 is 5.10. The molecule has 0 aromatic heterocycles. The number of ether oxygens (including phenoxy) is 1. The van der Waals surface area contributed by atoms with Crippen LogP contribution in [0, 0.1) is 0 Å². The number of carbonyl (C=O) groups excluding carboxylic acids is 1. The Labute approximate surface area is 120 Å². The SMILES string of the molecule is COC(=O)C1(Nc2ccccc2)CC2CCC(C1)N2C. The number of esters is 1. The van der Waals surface area contributed by atoms with Crippen molar-refractivity contribution in [3.05, 3.63) is 30.3 Å². The Kier molecular flexibility index (Phi) is 3.42. The molecule has 2 fully saturated rings. The molecule has 2 aliphatic rings. The summed E-state index contributed by atoms with van der Waals surface area (Å²) in [6.07, 6.45) is 4.00. The van der Waals surface area contributed by atoms with E-state index in [1.54, 1.807) is 0 Å². The fourth-order valence-electron chi connectivity index (χ4n) is 3.78. The van der Waals surface area contributed by atoms with Crippen LogP contribution in [0.1, 0.15) is 25.7 Å². The van der Waals surface area contributed by atoms with Gasteiger partial charge in [-0.1, -0.05) is 18.2 Å². The first-order chi connectivity index (χ1) is 9.64. The number of rotatable bonds is 3. The lowest BCUT2D eigenvalue weighted by atomic mass is 9.82. The minimum Gasteiger partial charge on any atom is -0.467 e. The highest BCUT2D eigenvalue weighted by atomic mass is 16.5. The summed E-state index contributed by atoms with van der Waals surface area (Å²) in [5, 5.41) is 3.47. The zero-order valence-electron chi connectivity index (χ0n) is 12.1. The van der Waals surface area contributed by atoms with E-state index < -0.39 is 5.54 Å². The van der Waals surface area contributed by atoms with Gasteiger partial charge in [-0.05, 0) is 44.9 Å². The van der Waals surface area contributed by atoms with Crippen molar-refractivity contribution in [2.75, 3.05) is 19.5 Å². The van der Waals surface area contributed by atoms with Crippen molar-refractivity contribution in [2.45, 2.75) is 43.3 Å². The average molecular weight is 274 g/mol. The fraction of sp³-hybridized carbons (Fsp3) is 0.562. The summed E-state index contributed by atoms with van der Waals surface area (Å²) in [4.78, 5) is 14.8. The number of fused-ring (bicyclic) bond motifs is 2. The highest BCUT2D eigenvalue weighted by molar-refractivity contribution is 5.85. The number of methoxy groups -OCH3 is 1. The highest BCUT2D eigenvalue weighted by Gasteiger charge is 2.51. The van der Waals surface area contributed by atoms with Crippen LogP contribution in [0.3, 0.4) is 0 Å². The summed E-state index contributed by atoms with van der Waals surface area (Å²) in [6.45, 7) is 0. The first-order valence-corrected chi connectivity index (χ1v) is 7.28. The quantitative estimate of drug-likeness (QED) is 0.859. The Morgan fingerprint density at radius 1 is 1.25 bits per heavy atom. The van der Waals surface area contributed by atoms with Gasteiger partial charge in [0.05, 0.1) is 7.11 Å². The molecule has 0 amide bonds. The van der Waals surface area contributed by atoms with E-state index in [1.807, 2.05) is 30.3 Å². The Morgan fingerprint density at radius 3 is 2.40 bits per heavy atom. The smallest absolute Gasteiger partial charge is 0.331 e. The van der Waals surface area contributed by atoms with Gasteiger partial charge in [-0.15, -0.1) is 0 Å². The molecular weight excluding hydrogens is 252 g/mol. The van der Waals surface area contributed by atoms with E-state index in [1.165, 1.54) is 20.0 Å². The second kappa shape index (κ2) is 5.09. The fourth-order valence-corrected chi connectivity index (χ4v) is 3.78. The van der Waals surface area contributed by atoms with Gasteiger partial charge in [-0.25, -0.2) is 4.79 Å². The van der Waals surface area contributed by atoms with Crippen molar-refractivity contribution >= 4 is 11.7 Å². The minimum absolute atomic E-state index is 0.133. The molecule has 4 nitrogen and oxygen atoms in total. The van der Waals surface area contributed by atoms with E-state index in [-0.39, 0.29) is 5.97 Å². The Morgan fingerprint density at radius 2 is 1.85 bits per heavy atom. The largest absolute Gasteiger partial charge is 0.467 e. The van der Waals surface area contributed by atoms with Crippen LogP contribution in [-0.2, 0) is 9.53 Å². The Hall–Kier alpha value is -1.55.